The third-order valence-electron chi connectivity index (χ3n) is 3.29. The number of thiazole rings is 1. The molecule has 0 aliphatic carbocycles. The minimum Gasteiger partial charge on any atom is -0.383 e. The lowest BCUT2D eigenvalue weighted by molar-refractivity contribution is -0.114. The van der Waals surface area contributed by atoms with E-state index in [1.165, 1.54) is 16.3 Å². The zero-order valence-corrected chi connectivity index (χ0v) is 13.7. The molecule has 0 spiro atoms. The van der Waals surface area contributed by atoms with Gasteiger partial charge in [-0.1, -0.05) is 36.8 Å². The van der Waals surface area contributed by atoms with E-state index < -0.39 is 0 Å². The number of carbonyl (C=O) groups is 1. The van der Waals surface area contributed by atoms with Crippen molar-refractivity contribution in [2.24, 2.45) is 5.10 Å². The monoisotopic (exact) mass is 314 g/mol. The van der Waals surface area contributed by atoms with Crippen molar-refractivity contribution in [1.82, 2.24) is 9.88 Å². The van der Waals surface area contributed by atoms with Crippen LogP contribution in [0, 0.1) is 0 Å². The Kier molecular flexibility index (Phi) is 3.94. The van der Waals surface area contributed by atoms with Crippen molar-refractivity contribution in [3.05, 3.63) is 36.0 Å². The second-order valence-electron chi connectivity index (χ2n) is 5.38. The number of hydrazone groups is 1. The summed E-state index contributed by atoms with van der Waals surface area (Å²) in [7, 11) is 3.81. The molecule has 0 fully saturated rings. The molecule has 0 unspecified atom stereocenters. The molecule has 0 atom stereocenters. The van der Waals surface area contributed by atoms with E-state index in [9.17, 15) is 4.79 Å². The van der Waals surface area contributed by atoms with Crippen LogP contribution in [0.1, 0.15) is 19.8 Å². The highest BCUT2D eigenvalue weighted by Crippen LogP contribution is 2.32. The minimum absolute atomic E-state index is 0.101. The van der Waals surface area contributed by atoms with Crippen molar-refractivity contribution in [3.8, 4) is 0 Å². The molecule has 1 aromatic heterocycles. The van der Waals surface area contributed by atoms with Crippen LogP contribution in [0.2, 0.25) is 0 Å². The van der Waals surface area contributed by atoms with Crippen LogP contribution >= 0.6 is 11.3 Å². The standard InChI is InChI=1S/C16H18N4OS/c1-4-7-12-11(10-19(2)3)15(21)20(18-12)16-17-13-8-5-6-9-14(13)22-16/h5-6,8-10H,4,7H2,1-3H3. The first-order valence-corrected chi connectivity index (χ1v) is 8.08. The van der Waals surface area contributed by atoms with E-state index in [-0.39, 0.29) is 5.91 Å². The molecule has 0 N–H and O–H groups in total. The zero-order valence-electron chi connectivity index (χ0n) is 12.9. The van der Waals surface area contributed by atoms with Gasteiger partial charge in [0.15, 0.2) is 0 Å². The van der Waals surface area contributed by atoms with Gasteiger partial charge in [0.2, 0.25) is 5.13 Å². The van der Waals surface area contributed by atoms with E-state index in [0.29, 0.717) is 10.7 Å². The number of benzene rings is 1. The maximum Gasteiger partial charge on any atom is 0.284 e. The van der Waals surface area contributed by atoms with E-state index in [4.69, 9.17) is 0 Å². The second kappa shape index (κ2) is 5.88. The molecule has 2 aromatic rings. The van der Waals surface area contributed by atoms with Gasteiger partial charge in [-0.05, 0) is 18.6 Å². The predicted molar refractivity (Wildman–Crippen MR) is 91.2 cm³/mol. The van der Waals surface area contributed by atoms with Crippen molar-refractivity contribution in [2.45, 2.75) is 19.8 Å². The number of carbonyl (C=O) groups excluding carboxylic acids is 1. The summed E-state index contributed by atoms with van der Waals surface area (Å²) in [5, 5.41) is 6.57. The van der Waals surface area contributed by atoms with Crippen molar-refractivity contribution < 1.29 is 4.79 Å². The molecule has 1 aliphatic heterocycles. The maximum atomic E-state index is 12.7. The highest BCUT2D eigenvalue weighted by Gasteiger charge is 2.32. The van der Waals surface area contributed by atoms with Crippen molar-refractivity contribution in [1.29, 1.82) is 0 Å². The summed E-state index contributed by atoms with van der Waals surface area (Å²) >= 11 is 1.49. The van der Waals surface area contributed by atoms with E-state index in [1.54, 1.807) is 0 Å². The molecular formula is C16H18N4OS. The van der Waals surface area contributed by atoms with Gasteiger partial charge in [-0.25, -0.2) is 4.98 Å². The summed E-state index contributed by atoms with van der Waals surface area (Å²) in [6, 6.07) is 7.87. The summed E-state index contributed by atoms with van der Waals surface area (Å²) < 4.78 is 1.06. The fourth-order valence-electron chi connectivity index (χ4n) is 2.35. The van der Waals surface area contributed by atoms with Crippen LogP contribution < -0.4 is 5.01 Å². The second-order valence-corrected chi connectivity index (χ2v) is 6.39. The van der Waals surface area contributed by atoms with E-state index in [2.05, 4.69) is 17.0 Å². The van der Waals surface area contributed by atoms with Gasteiger partial charge in [-0.3, -0.25) is 4.79 Å². The molecule has 2 heterocycles. The molecule has 114 valence electrons. The third-order valence-corrected chi connectivity index (χ3v) is 4.30. The normalized spacial score (nSPS) is 16.7. The van der Waals surface area contributed by atoms with Crippen LogP contribution in [0.5, 0.6) is 0 Å². The van der Waals surface area contributed by atoms with Gasteiger partial charge in [0, 0.05) is 20.3 Å². The topological polar surface area (TPSA) is 48.8 Å². The molecule has 1 aliphatic rings. The Bertz CT molecular complexity index is 742. The Labute approximate surface area is 133 Å². The average Bonchev–Trinajstić information content (AvgIpc) is 3.03. The molecule has 1 amide bonds. The van der Waals surface area contributed by atoms with Gasteiger partial charge in [-0.15, -0.1) is 0 Å². The summed E-state index contributed by atoms with van der Waals surface area (Å²) in [5.74, 6) is -0.101. The Morgan fingerprint density at radius 1 is 1.32 bits per heavy atom. The summed E-state index contributed by atoms with van der Waals surface area (Å²) in [4.78, 5) is 19.1. The molecular weight excluding hydrogens is 296 g/mol. The average molecular weight is 314 g/mol. The van der Waals surface area contributed by atoms with Gasteiger partial charge < -0.3 is 4.90 Å². The fourth-order valence-corrected chi connectivity index (χ4v) is 3.26. The number of para-hydroxylation sites is 1. The van der Waals surface area contributed by atoms with Crippen LogP contribution in [0.25, 0.3) is 10.2 Å². The van der Waals surface area contributed by atoms with Gasteiger partial charge in [0.05, 0.1) is 21.5 Å². The Morgan fingerprint density at radius 2 is 2.09 bits per heavy atom. The molecule has 22 heavy (non-hydrogen) atoms. The number of hydrogen-bond donors (Lipinski definition) is 0. The van der Waals surface area contributed by atoms with Crippen LogP contribution in [0.3, 0.4) is 0 Å². The lowest BCUT2D eigenvalue weighted by Crippen LogP contribution is -2.22. The number of rotatable bonds is 4. The number of fused-ring (bicyclic) bond motifs is 1. The van der Waals surface area contributed by atoms with E-state index in [1.807, 2.05) is 49.5 Å². The molecule has 3 rings (SSSR count). The first-order chi connectivity index (χ1) is 10.6. The number of amides is 1. The first kappa shape index (κ1) is 14.7. The third kappa shape index (κ3) is 2.62. The highest BCUT2D eigenvalue weighted by molar-refractivity contribution is 7.22. The Hall–Kier alpha value is -2.21. The first-order valence-electron chi connectivity index (χ1n) is 7.26. The van der Waals surface area contributed by atoms with Crippen LogP contribution in [0.4, 0.5) is 5.13 Å². The SMILES string of the molecule is CCCC1=NN(c2nc3ccccc3s2)C(=O)C1=CN(C)C. The van der Waals surface area contributed by atoms with Crippen molar-refractivity contribution in [2.75, 3.05) is 19.1 Å². The highest BCUT2D eigenvalue weighted by atomic mass is 32.1. The summed E-state index contributed by atoms with van der Waals surface area (Å²) in [6.07, 6.45) is 3.57. The van der Waals surface area contributed by atoms with E-state index >= 15 is 0 Å². The molecule has 0 radical (unpaired) electrons. The van der Waals surface area contributed by atoms with Crippen LogP contribution in [0.15, 0.2) is 41.1 Å². The summed E-state index contributed by atoms with van der Waals surface area (Å²) in [5.41, 5.74) is 2.39. The largest absolute Gasteiger partial charge is 0.383 e. The maximum absolute atomic E-state index is 12.7. The number of nitrogens with zero attached hydrogens (tertiary/aromatic N) is 4. The van der Waals surface area contributed by atoms with Crippen molar-refractivity contribution >= 4 is 38.3 Å². The van der Waals surface area contributed by atoms with Crippen LogP contribution in [-0.2, 0) is 4.79 Å². The molecule has 0 saturated carbocycles. The number of aromatic nitrogens is 1. The molecule has 1 aromatic carbocycles. The fraction of sp³-hybridized carbons (Fsp3) is 0.312. The van der Waals surface area contributed by atoms with Gasteiger partial charge in [0.1, 0.15) is 0 Å². The van der Waals surface area contributed by atoms with Gasteiger partial charge in [-0.2, -0.15) is 10.1 Å². The van der Waals surface area contributed by atoms with Crippen molar-refractivity contribution in [3.63, 3.8) is 0 Å². The Morgan fingerprint density at radius 3 is 2.77 bits per heavy atom. The minimum atomic E-state index is -0.101. The number of hydrogen-bond acceptors (Lipinski definition) is 5. The summed E-state index contributed by atoms with van der Waals surface area (Å²) in [6.45, 7) is 2.08. The molecule has 0 bridgehead atoms. The zero-order chi connectivity index (χ0) is 15.7. The van der Waals surface area contributed by atoms with E-state index in [0.717, 1.165) is 28.8 Å². The van der Waals surface area contributed by atoms with Gasteiger partial charge >= 0.3 is 0 Å². The quantitative estimate of drug-likeness (QED) is 0.814. The molecule has 0 saturated heterocycles. The lowest BCUT2D eigenvalue weighted by atomic mass is 10.1. The molecule has 6 heteroatoms. The van der Waals surface area contributed by atoms with Crippen LogP contribution in [-0.4, -0.2) is 35.6 Å². The lowest BCUT2D eigenvalue weighted by Gasteiger charge is -2.09. The predicted octanol–water partition coefficient (Wildman–Crippen LogP) is 3.24. The number of anilines is 1. The Balaban J connectivity index is 2.01. The smallest absolute Gasteiger partial charge is 0.284 e. The van der Waals surface area contributed by atoms with Gasteiger partial charge in [0.25, 0.3) is 5.91 Å². The molecule has 5 nitrogen and oxygen atoms in total.